The molecule has 23 heavy (non-hydrogen) atoms. The van der Waals surface area contributed by atoms with E-state index < -0.39 is 0 Å². The lowest BCUT2D eigenvalue weighted by molar-refractivity contribution is -0.123. The number of nitrogens with one attached hydrogen (secondary N) is 1. The van der Waals surface area contributed by atoms with Gasteiger partial charge in [0.25, 0.3) is 5.91 Å². The number of fused-ring (bicyclic) bond motifs is 1. The average Bonchev–Trinajstić information content (AvgIpc) is 3.13. The highest BCUT2D eigenvalue weighted by Crippen LogP contribution is 2.42. The van der Waals surface area contributed by atoms with Gasteiger partial charge in [-0.1, -0.05) is 24.6 Å². The number of rotatable bonds is 5. The fourth-order valence-electron chi connectivity index (χ4n) is 2.74. The number of benzene rings is 1. The lowest BCUT2D eigenvalue weighted by Gasteiger charge is -2.12. The maximum Gasteiger partial charge on any atom is 0.258 e. The summed E-state index contributed by atoms with van der Waals surface area (Å²) in [5, 5.41) is 5.33. The number of ketones is 1. The Labute approximate surface area is 143 Å². The molecule has 2 aromatic rings. The molecule has 1 aliphatic rings. The van der Waals surface area contributed by atoms with Crippen LogP contribution in [0.2, 0.25) is 5.02 Å². The van der Waals surface area contributed by atoms with Gasteiger partial charge in [-0.2, -0.15) is 0 Å². The van der Waals surface area contributed by atoms with Gasteiger partial charge in [-0.05, 0) is 35.1 Å². The zero-order valence-corrected chi connectivity index (χ0v) is 14.2. The van der Waals surface area contributed by atoms with Gasteiger partial charge in [0.15, 0.2) is 12.4 Å². The number of ether oxygens (including phenoxy) is 1. The molecule has 1 atom stereocenters. The highest BCUT2D eigenvalue weighted by molar-refractivity contribution is 7.09. The van der Waals surface area contributed by atoms with Crippen molar-refractivity contribution in [3.63, 3.8) is 0 Å². The Morgan fingerprint density at radius 1 is 1.43 bits per heavy atom. The molecule has 1 N–H and O–H groups in total. The fraction of sp³-hybridized carbons (Fsp3) is 0.294. The van der Waals surface area contributed by atoms with Crippen molar-refractivity contribution in [3.8, 4) is 5.75 Å². The van der Waals surface area contributed by atoms with Crippen LogP contribution >= 0.6 is 22.9 Å². The molecule has 0 saturated heterocycles. The van der Waals surface area contributed by atoms with Crippen molar-refractivity contribution in [2.24, 2.45) is 0 Å². The molecule has 120 valence electrons. The third kappa shape index (κ3) is 3.41. The molecule has 1 heterocycles. The van der Waals surface area contributed by atoms with Crippen LogP contribution in [0.1, 0.15) is 40.1 Å². The van der Waals surface area contributed by atoms with E-state index in [2.05, 4.69) is 5.32 Å². The quantitative estimate of drug-likeness (QED) is 0.893. The van der Waals surface area contributed by atoms with Crippen molar-refractivity contribution in [1.29, 1.82) is 0 Å². The Hall–Kier alpha value is -1.85. The maximum atomic E-state index is 12.1. The number of hydrogen-bond donors (Lipinski definition) is 1. The molecule has 0 spiro atoms. The Kier molecular flexibility index (Phi) is 4.68. The van der Waals surface area contributed by atoms with Crippen LogP contribution in [0.3, 0.4) is 0 Å². The number of Topliss-reactive ketones (excluding diaryl/α,β-unsaturated/α-hetero) is 1. The highest BCUT2D eigenvalue weighted by atomic mass is 35.5. The summed E-state index contributed by atoms with van der Waals surface area (Å²) < 4.78 is 5.57. The number of carbonyl (C=O) groups excluding carboxylic acids is 2. The third-order valence-electron chi connectivity index (χ3n) is 3.82. The molecule has 0 bridgehead atoms. The average molecular weight is 350 g/mol. The van der Waals surface area contributed by atoms with Crippen LogP contribution in [0, 0.1) is 0 Å². The van der Waals surface area contributed by atoms with Gasteiger partial charge in [0.05, 0.1) is 12.1 Å². The predicted octanol–water partition coefficient (Wildman–Crippen LogP) is 3.79. The number of thiophene rings is 1. The number of amides is 1. The molecule has 1 unspecified atom stereocenters. The number of hydrogen-bond acceptors (Lipinski definition) is 4. The van der Waals surface area contributed by atoms with E-state index in [1.165, 1.54) is 0 Å². The summed E-state index contributed by atoms with van der Waals surface area (Å²) in [6.07, 6.45) is 0.431. The zero-order valence-electron chi connectivity index (χ0n) is 12.6. The molecule has 1 aromatic heterocycles. The van der Waals surface area contributed by atoms with E-state index in [9.17, 15) is 9.59 Å². The lowest BCUT2D eigenvalue weighted by atomic mass is 10.0. The first-order chi connectivity index (χ1) is 11.1. The molecule has 6 heteroatoms. The molecule has 0 aliphatic heterocycles. The van der Waals surface area contributed by atoms with Gasteiger partial charge in [-0.15, -0.1) is 11.3 Å². The molecule has 3 rings (SSSR count). The molecular formula is C17H16ClNO3S. The Bertz CT molecular complexity index is 743. The van der Waals surface area contributed by atoms with Gasteiger partial charge in [0.2, 0.25) is 0 Å². The van der Waals surface area contributed by atoms with Crippen molar-refractivity contribution in [1.82, 2.24) is 5.32 Å². The maximum absolute atomic E-state index is 12.1. The van der Waals surface area contributed by atoms with E-state index in [4.69, 9.17) is 16.3 Å². The van der Waals surface area contributed by atoms with Crippen molar-refractivity contribution in [2.45, 2.75) is 25.8 Å². The van der Waals surface area contributed by atoms with Crippen molar-refractivity contribution in [2.75, 3.05) is 6.61 Å². The van der Waals surface area contributed by atoms with E-state index >= 15 is 0 Å². The van der Waals surface area contributed by atoms with Crippen LogP contribution in [0.15, 0.2) is 29.6 Å². The summed E-state index contributed by atoms with van der Waals surface area (Å²) in [6, 6.07) is 7.27. The standard InChI is InChI=1S/C17H16ClNO3S/c1-10-7-13(20)17-14(5-4-12(18)16(10)17)22-9-15(21)19-8-11-3-2-6-23-11/h2-6,10H,7-9H2,1H3,(H,19,21). The van der Waals surface area contributed by atoms with Crippen LogP contribution < -0.4 is 10.1 Å². The smallest absolute Gasteiger partial charge is 0.258 e. The van der Waals surface area contributed by atoms with Gasteiger partial charge >= 0.3 is 0 Å². The first-order valence-corrected chi connectivity index (χ1v) is 8.59. The molecule has 0 fully saturated rings. The first-order valence-electron chi connectivity index (χ1n) is 7.33. The van der Waals surface area contributed by atoms with Crippen LogP contribution in [0.5, 0.6) is 5.75 Å². The largest absolute Gasteiger partial charge is 0.483 e. The minimum atomic E-state index is -0.222. The molecule has 0 saturated carbocycles. The molecule has 1 aromatic carbocycles. The van der Waals surface area contributed by atoms with E-state index in [1.807, 2.05) is 24.4 Å². The third-order valence-corrected chi connectivity index (χ3v) is 5.02. The minimum absolute atomic E-state index is 0.0176. The zero-order chi connectivity index (χ0) is 16.4. The SMILES string of the molecule is CC1CC(=O)c2c(OCC(=O)NCc3cccs3)ccc(Cl)c21. The second-order valence-corrected chi connectivity index (χ2v) is 6.95. The van der Waals surface area contributed by atoms with E-state index in [1.54, 1.807) is 23.5 Å². The topological polar surface area (TPSA) is 55.4 Å². The summed E-state index contributed by atoms with van der Waals surface area (Å²) >= 11 is 7.77. The van der Waals surface area contributed by atoms with Crippen molar-refractivity contribution in [3.05, 3.63) is 50.7 Å². The molecule has 1 amide bonds. The monoisotopic (exact) mass is 349 g/mol. The summed E-state index contributed by atoms with van der Waals surface area (Å²) in [5.74, 6) is 0.316. The van der Waals surface area contributed by atoms with Gasteiger partial charge in [0.1, 0.15) is 5.75 Å². The fourth-order valence-corrected chi connectivity index (χ4v) is 3.73. The Morgan fingerprint density at radius 3 is 3.00 bits per heavy atom. The lowest BCUT2D eigenvalue weighted by Crippen LogP contribution is -2.28. The summed E-state index contributed by atoms with van der Waals surface area (Å²) in [7, 11) is 0. The van der Waals surface area contributed by atoms with Gasteiger partial charge in [0, 0.05) is 16.3 Å². The Morgan fingerprint density at radius 2 is 2.26 bits per heavy atom. The second kappa shape index (κ2) is 6.72. The van der Waals surface area contributed by atoms with Gasteiger partial charge < -0.3 is 10.1 Å². The number of halogens is 1. The molecule has 4 nitrogen and oxygen atoms in total. The normalized spacial score (nSPS) is 16.3. The molecule has 0 radical (unpaired) electrons. The second-order valence-electron chi connectivity index (χ2n) is 5.51. The Balaban J connectivity index is 1.65. The first kappa shape index (κ1) is 16.0. The summed E-state index contributed by atoms with van der Waals surface area (Å²) in [5.41, 5.74) is 1.35. The van der Waals surface area contributed by atoms with E-state index in [0.717, 1.165) is 10.4 Å². The number of carbonyl (C=O) groups is 2. The van der Waals surface area contributed by atoms with Crippen LogP contribution in [0.4, 0.5) is 0 Å². The molecular weight excluding hydrogens is 334 g/mol. The summed E-state index contributed by atoms with van der Waals surface area (Å²) in [6.45, 7) is 2.32. The van der Waals surface area contributed by atoms with Gasteiger partial charge in [-0.25, -0.2) is 0 Å². The van der Waals surface area contributed by atoms with Crippen LogP contribution in [0.25, 0.3) is 0 Å². The van der Waals surface area contributed by atoms with E-state index in [-0.39, 0.29) is 24.2 Å². The highest BCUT2D eigenvalue weighted by Gasteiger charge is 2.31. The molecule has 1 aliphatic carbocycles. The van der Waals surface area contributed by atoms with Crippen molar-refractivity contribution < 1.29 is 14.3 Å². The van der Waals surface area contributed by atoms with Crippen LogP contribution in [-0.4, -0.2) is 18.3 Å². The van der Waals surface area contributed by atoms with Crippen LogP contribution in [-0.2, 0) is 11.3 Å². The summed E-state index contributed by atoms with van der Waals surface area (Å²) in [4.78, 5) is 25.1. The van der Waals surface area contributed by atoms with Gasteiger partial charge in [-0.3, -0.25) is 9.59 Å². The minimum Gasteiger partial charge on any atom is -0.483 e. The van der Waals surface area contributed by atoms with Crippen molar-refractivity contribution >= 4 is 34.6 Å². The van der Waals surface area contributed by atoms with E-state index in [0.29, 0.717) is 29.3 Å². The predicted molar refractivity (Wildman–Crippen MR) is 90.5 cm³/mol.